The number of nitrogens with two attached hydrogens (primary N) is 1. The standard InChI is InChI=1S/C9H10N2O2/c1-6(11-9(10)13)7-2-4-8(12)5-3-7/h2-5,12H,1H3,(H2,10,13). The maximum absolute atomic E-state index is 10.4. The number of carbonyl (C=O) groups excluding carboxylic acids is 1. The Hall–Kier alpha value is -1.84. The number of hydrogen-bond donors (Lipinski definition) is 2. The van der Waals surface area contributed by atoms with E-state index < -0.39 is 6.03 Å². The van der Waals surface area contributed by atoms with Gasteiger partial charge in [0.1, 0.15) is 5.75 Å². The van der Waals surface area contributed by atoms with E-state index >= 15 is 0 Å². The summed E-state index contributed by atoms with van der Waals surface area (Å²) in [5.41, 5.74) is 6.18. The normalized spacial score (nSPS) is 11.3. The van der Waals surface area contributed by atoms with Gasteiger partial charge >= 0.3 is 6.03 Å². The van der Waals surface area contributed by atoms with Crippen molar-refractivity contribution >= 4 is 11.7 Å². The number of aliphatic imine (C=N–C) groups is 1. The van der Waals surface area contributed by atoms with E-state index in [-0.39, 0.29) is 5.75 Å². The summed E-state index contributed by atoms with van der Waals surface area (Å²) >= 11 is 0. The van der Waals surface area contributed by atoms with E-state index in [4.69, 9.17) is 10.8 Å². The molecule has 0 unspecified atom stereocenters. The number of rotatable bonds is 1. The van der Waals surface area contributed by atoms with Crippen LogP contribution in [-0.4, -0.2) is 16.8 Å². The van der Waals surface area contributed by atoms with Crippen LogP contribution in [0.4, 0.5) is 4.79 Å². The summed E-state index contributed by atoms with van der Waals surface area (Å²) in [4.78, 5) is 14.0. The highest BCUT2D eigenvalue weighted by Crippen LogP contribution is 2.10. The topological polar surface area (TPSA) is 75.7 Å². The molecule has 0 aromatic heterocycles. The van der Waals surface area contributed by atoms with Crippen LogP contribution in [0.25, 0.3) is 0 Å². The Labute approximate surface area is 75.7 Å². The lowest BCUT2D eigenvalue weighted by atomic mass is 10.1. The zero-order valence-electron chi connectivity index (χ0n) is 7.19. The fourth-order valence-corrected chi connectivity index (χ4v) is 0.932. The molecule has 1 aromatic rings. The molecule has 0 aliphatic carbocycles. The third-order valence-corrected chi connectivity index (χ3v) is 1.56. The van der Waals surface area contributed by atoms with Gasteiger partial charge in [-0.15, -0.1) is 0 Å². The van der Waals surface area contributed by atoms with Gasteiger partial charge in [0.15, 0.2) is 0 Å². The van der Waals surface area contributed by atoms with Crippen LogP contribution >= 0.6 is 0 Å². The first kappa shape index (κ1) is 9.25. The highest BCUT2D eigenvalue weighted by molar-refractivity contribution is 6.04. The Balaban J connectivity index is 2.96. The van der Waals surface area contributed by atoms with Gasteiger partial charge in [-0.2, -0.15) is 4.99 Å². The molecule has 13 heavy (non-hydrogen) atoms. The summed E-state index contributed by atoms with van der Waals surface area (Å²) in [5.74, 6) is 0.177. The van der Waals surface area contributed by atoms with Crippen molar-refractivity contribution in [2.24, 2.45) is 10.7 Å². The van der Waals surface area contributed by atoms with E-state index in [1.54, 1.807) is 19.1 Å². The van der Waals surface area contributed by atoms with E-state index in [1.165, 1.54) is 12.1 Å². The van der Waals surface area contributed by atoms with Crippen molar-refractivity contribution in [1.29, 1.82) is 0 Å². The van der Waals surface area contributed by atoms with Crippen molar-refractivity contribution in [3.8, 4) is 5.75 Å². The molecular weight excluding hydrogens is 168 g/mol. The number of phenols is 1. The molecule has 68 valence electrons. The molecule has 0 radical (unpaired) electrons. The molecule has 1 aromatic carbocycles. The minimum Gasteiger partial charge on any atom is -0.508 e. The first-order valence-electron chi connectivity index (χ1n) is 3.73. The lowest BCUT2D eigenvalue weighted by Gasteiger charge is -1.98. The zero-order valence-corrected chi connectivity index (χ0v) is 7.19. The number of carbonyl (C=O) groups is 1. The van der Waals surface area contributed by atoms with Gasteiger partial charge in [0.05, 0.1) is 5.71 Å². The van der Waals surface area contributed by atoms with Crippen LogP contribution < -0.4 is 5.73 Å². The number of primary amides is 1. The van der Waals surface area contributed by atoms with Gasteiger partial charge in [-0.25, -0.2) is 4.79 Å². The second-order valence-corrected chi connectivity index (χ2v) is 2.58. The molecule has 0 fully saturated rings. The molecule has 0 bridgehead atoms. The molecule has 2 amide bonds. The summed E-state index contributed by atoms with van der Waals surface area (Å²) in [7, 11) is 0. The molecule has 4 heteroatoms. The third kappa shape index (κ3) is 2.59. The van der Waals surface area contributed by atoms with Gasteiger partial charge in [-0.3, -0.25) is 0 Å². The molecule has 0 aliphatic rings. The lowest BCUT2D eigenvalue weighted by molar-refractivity contribution is 0.256. The Morgan fingerprint density at radius 3 is 2.38 bits per heavy atom. The van der Waals surface area contributed by atoms with Crippen LogP contribution in [0.15, 0.2) is 29.3 Å². The number of phenolic OH excluding ortho intramolecular Hbond substituents is 1. The molecule has 1 rings (SSSR count). The smallest absolute Gasteiger partial charge is 0.338 e. The maximum Gasteiger partial charge on any atom is 0.338 e. The average Bonchev–Trinajstić information content (AvgIpc) is 2.04. The molecule has 4 nitrogen and oxygen atoms in total. The van der Waals surface area contributed by atoms with Crippen LogP contribution in [0.1, 0.15) is 12.5 Å². The van der Waals surface area contributed by atoms with Crippen LogP contribution in [0.2, 0.25) is 0 Å². The van der Waals surface area contributed by atoms with Gasteiger partial charge in [0, 0.05) is 0 Å². The van der Waals surface area contributed by atoms with Crippen LogP contribution in [0.5, 0.6) is 5.75 Å². The van der Waals surface area contributed by atoms with Gasteiger partial charge in [-0.1, -0.05) is 0 Å². The quantitative estimate of drug-likeness (QED) is 0.635. The van der Waals surface area contributed by atoms with E-state index in [1.807, 2.05) is 0 Å². The first-order valence-corrected chi connectivity index (χ1v) is 3.73. The summed E-state index contributed by atoms with van der Waals surface area (Å²) < 4.78 is 0. The highest BCUT2D eigenvalue weighted by atomic mass is 16.3. The molecular formula is C9H10N2O2. The molecule has 0 aliphatic heterocycles. The van der Waals surface area contributed by atoms with Crippen molar-refractivity contribution in [3.63, 3.8) is 0 Å². The number of hydrogen-bond acceptors (Lipinski definition) is 2. The van der Waals surface area contributed by atoms with Crippen molar-refractivity contribution in [3.05, 3.63) is 29.8 Å². The predicted molar refractivity (Wildman–Crippen MR) is 49.9 cm³/mol. The molecule has 0 spiro atoms. The Morgan fingerprint density at radius 2 is 1.92 bits per heavy atom. The fraction of sp³-hybridized carbons (Fsp3) is 0.111. The third-order valence-electron chi connectivity index (χ3n) is 1.56. The van der Waals surface area contributed by atoms with Crippen molar-refractivity contribution in [2.45, 2.75) is 6.92 Å². The zero-order chi connectivity index (χ0) is 9.84. The molecule has 0 heterocycles. The van der Waals surface area contributed by atoms with Gasteiger partial charge in [0.25, 0.3) is 0 Å². The van der Waals surface area contributed by atoms with Gasteiger partial charge in [0.2, 0.25) is 0 Å². The van der Waals surface area contributed by atoms with Crippen LogP contribution in [0, 0.1) is 0 Å². The number of amides is 2. The predicted octanol–water partition coefficient (Wildman–Crippen LogP) is 1.28. The Kier molecular flexibility index (Phi) is 2.64. The lowest BCUT2D eigenvalue weighted by Crippen LogP contribution is -2.08. The number of nitrogens with zero attached hydrogens (tertiary/aromatic N) is 1. The Bertz CT molecular complexity index is 341. The second kappa shape index (κ2) is 3.71. The Morgan fingerprint density at radius 1 is 1.38 bits per heavy atom. The van der Waals surface area contributed by atoms with Crippen molar-refractivity contribution in [2.75, 3.05) is 0 Å². The van der Waals surface area contributed by atoms with Crippen LogP contribution in [0.3, 0.4) is 0 Å². The monoisotopic (exact) mass is 178 g/mol. The minimum absolute atomic E-state index is 0.177. The van der Waals surface area contributed by atoms with Gasteiger partial charge in [-0.05, 0) is 36.8 Å². The second-order valence-electron chi connectivity index (χ2n) is 2.58. The molecule has 0 saturated carbocycles. The first-order chi connectivity index (χ1) is 6.09. The van der Waals surface area contributed by atoms with Crippen molar-refractivity contribution < 1.29 is 9.90 Å². The largest absolute Gasteiger partial charge is 0.508 e. The van der Waals surface area contributed by atoms with Crippen LogP contribution in [-0.2, 0) is 0 Å². The molecule has 0 saturated heterocycles. The van der Waals surface area contributed by atoms with E-state index in [0.29, 0.717) is 5.71 Å². The summed E-state index contributed by atoms with van der Waals surface area (Å²) in [6.45, 7) is 1.68. The summed E-state index contributed by atoms with van der Waals surface area (Å²) in [6.07, 6.45) is 0. The molecule has 0 atom stereocenters. The minimum atomic E-state index is -0.717. The number of urea groups is 1. The maximum atomic E-state index is 10.4. The molecule has 3 N–H and O–H groups in total. The number of aromatic hydroxyl groups is 1. The van der Waals surface area contributed by atoms with Gasteiger partial charge < -0.3 is 10.8 Å². The van der Waals surface area contributed by atoms with E-state index in [2.05, 4.69) is 4.99 Å². The van der Waals surface area contributed by atoms with Crippen molar-refractivity contribution in [1.82, 2.24) is 0 Å². The van der Waals surface area contributed by atoms with E-state index in [9.17, 15) is 4.79 Å². The fourth-order valence-electron chi connectivity index (χ4n) is 0.932. The average molecular weight is 178 g/mol. The summed E-state index contributed by atoms with van der Waals surface area (Å²) in [6, 6.07) is 5.66. The SMILES string of the molecule is CC(=NC(N)=O)c1ccc(O)cc1. The summed E-state index contributed by atoms with van der Waals surface area (Å²) in [5, 5.41) is 8.99. The number of benzene rings is 1. The van der Waals surface area contributed by atoms with E-state index in [0.717, 1.165) is 5.56 Å². The highest BCUT2D eigenvalue weighted by Gasteiger charge is 1.98.